The van der Waals surface area contributed by atoms with Gasteiger partial charge < -0.3 is 4.74 Å². The van der Waals surface area contributed by atoms with E-state index >= 15 is 0 Å². The summed E-state index contributed by atoms with van der Waals surface area (Å²) in [7, 11) is 0. The van der Waals surface area contributed by atoms with Crippen LogP contribution in [-0.4, -0.2) is 5.97 Å². The number of rotatable bonds is 2. The normalized spacial score (nSPS) is 16.0. The van der Waals surface area contributed by atoms with Gasteiger partial charge in [-0.05, 0) is 36.8 Å². The van der Waals surface area contributed by atoms with E-state index in [2.05, 4.69) is 0 Å². The fraction of sp³-hybridized carbons (Fsp3) is 0.0556. The predicted octanol–water partition coefficient (Wildman–Crippen LogP) is 4.63. The lowest BCUT2D eigenvalue weighted by atomic mass is 10.1. The van der Waals surface area contributed by atoms with Gasteiger partial charge in [-0.15, -0.1) is 0 Å². The Hall–Kier alpha value is -2.32. The maximum absolute atomic E-state index is 11.9. The van der Waals surface area contributed by atoms with Crippen molar-refractivity contribution in [3.63, 3.8) is 0 Å². The zero-order valence-corrected chi connectivity index (χ0v) is 12.2. The van der Waals surface area contributed by atoms with Crippen molar-refractivity contribution in [2.45, 2.75) is 6.92 Å². The van der Waals surface area contributed by atoms with E-state index in [9.17, 15) is 4.79 Å². The van der Waals surface area contributed by atoms with Crippen LogP contribution in [0.4, 0.5) is 0 Å². The molecule has 1 heterocycles. The minimum Gasteiger partial charge on any atom is -0.422 e. The van der Waals surface area contributed by atoms with Crippen LogP contribution in [0.15, 0.2) is 60.2 Å². The molecule has 0 spiro atoms. The van der Waals surface area contributed by atoms with E-state index in [0.29, 0.717) is 16.4 Å². The van der Waals surface area contributed by atoms with E-state index < -0.39 is 0 Å². The van der Waals surface area contributed by atoms with Crippen molar-refractivity contribution in [2.75, 3.05) is 0 Å². The molecule has 0 amide bonds. The fourth-order valence-corrected chi connectivity index (χ4v) is 2.21. The molecule has 0 atom stereocenters. The van der Waals surface area contributed by atoms with Crippen LogP contribution in [0.1, 0.15) is 16.7 Å². The van der Waals surface area contributed by atoms with Gasteiger partial charge >= 0.3 is 5.97 Å². The monoisotopic (exact) mass is 296 g/mol. The highest BCUT2D eigenvalue weighted by atomic mass is 35.5. The minimum atomic E-state index is -0.333. The summed E-state index contributed by atoms with van der Waals surface area (Å²) in [5, 5.41) is 0.669. The Morgan fingerprint density at radius 3 is 2.33 bits per heavy atom. The Morgan fingerprint density at radius 1 is 1.00 bits per heavy atom. The third kappa shape index (κ3) is 3.06. The van der Waals surface area contributed by atoms with E-state index in [-0.39, 0.29) is 5.97 Å². The summed E-state index contributed by atoms with van der Waals surface area (Å²) in [5.74, 6) is 0.251. The molecule has 0 unspecified atom stereocenters. The van der Waals surface area contributed by atoms with Crippen LogP contribution in [0.25, 0.3) is 11.8 Å². The number of esters is 1. The van der Waals surface area contributed by atoms with Crippen molar-refractivity contribution >= 4 is 29.4 Å². The van der Waals surface area contributed by atoms with Crippen molar-refractivity contribution in [1.82, 2.24) is 0 Å². The average Bonchev–Trinajstić information content (AvgIpc) is 2.83. The minimum absolute atomic E-state index is 0.333. The molecule has 0 bridgehead atoms. The van der Waals surface area contributed by atoms with Gasteiger partial charge in [-0.3, -0.25) is 0 Å². The molecule has 2 aromatic carbocycles. The maximum Gasteiger partial charge on any atom is 0.343 e. The molecule has 2 nitrogen and oxygen atoms in total. The molecule has 0 N–H and O–H groups in total. The predicted molar refractivity (Wildman–Crippen MR) is 84.7 cm³/mol. The van der Waals surface area contributed by atoms with E-state index in [1.165, 1.54) is 5.56 Å². The maximum atomic E-state index is 11.9. The molecule has 3 rings (SSSR count). The summed E-state index contributed by atoms with van der Waals surface area (Å²) in [6.07, 6.45) is 3.56. The molecule has 1 aliphatic rings. The molecule has 104 valence electrons. The number of halogens is 1. The lowest BCUT2D eigenvalue weighted by molar-refractivity contribution is -0.130. The second-order valence-corrected chi connectivity index (χ2v) is 5.35. The highest BCUT2D eigenvalue weighted by molar-refractivity contribution is 6.30. The Bertz CT molecular complexity index is 738. The molecule has 2 aromatic rings. The van der Waals surface area contributed by atoms with Crippen molar-refractivity contribution in [3.05, 3.63) is 81.9 Å². The van der Waals surface area contributed by atoms with E-state index in [1.54, 1.807) is 24.3 Å². The van der Waals surface area contributed by atoms with Crippen molar-refractivity contribution in [3.8, 4) is 0 Å². The topological polar surface area (TPSA) is 26.3 Å². The number of benzene rings is 2. The van der Waals surface area contributed by atoms with Crippen molar-refractivity contribution < 1.29 is 9.53 Å². The van der Waals surface area contributed by atoms with Gasteiger partial charge in [0.25, 0.3) is 0 Å². The third-order valence-electron chi connectivity index (χ3n) is 3.25. The second-order valence-electron chi connectivity index (χ2n) is 4.92. The van der Waals surface area contributed by atoms with Crippen LogP contribution in [0.2, 0.25) is 5.02 Å². The van der Waals surface area contributed by atoms with Gasteiger partial charge in [0.05, 0.1) is 5.57 Å². The largest absolute Gasteiger partial charge is 0.422 e. The first-order chi connectivity index (χ1) is 10.1. The van der Waals surface area contributed by atoms with Crippen LogP contribution < -0.4 is 0 Å². The number of carbonyl (C=O) groups is 1. The van der Waals surface area contributed by atoms with Crippen LogP contribution in [0, 0.1) is 6.92 Å². The first kappa shape index (κ1) is 13.7. The average molecular weight is 297 g/mol. The van der Waals surface area contributed by atoms with Gasteiger partial charge in [0.15, 0.2) is 0 Å². The first-order valence-corrected chi connectivity index (χ1v) is 6.98. The third-order valence-corrected chi connectivity index (χ3v) is 3.51. The smallest absolute Gasteiger partial charge is 0.343 e. The Kier molecular flexibility index (Phi) is 3.63. The van der Waals surface area contributed by atoms with Crippen LogP contribution in [0.3, 0.4) is 0 Å². The van der Waals surface area contributed by atoms with Crippen LogP contribution >= 0.6 is 11.6 Å². The first-order valence-electron chi connectivity index (χ1n) is 6.60. The number of hydrogen-bond acceptors (Lipinski definition) is 2. The van der Waals surface area contributed by atoms with Gasteiger partial charge in [0, 0.05) is 10.6 Å². The van der Waals surface area contributed by atoms with Crippen LogP contribution in [-0.2, 0) is 9.53 Å². The Labute approximate surface area is 128 Å². The van der Waals surface area contributed by atoms with Gasteiger partial charge in [-0.1, -0.05) is 53.6 Å². The molecule has 0 saturated heterocycles. The molecule has 0 radical (unpaired) electrons. The second kappa shape index (κ2) is 5.58. The highest BCUT2D eigenvalue weighted by Crippen LogP contribution is 2.27. The van der Waals surface area contributed by atoms with Gasteiger partial charge in [0.1, 0.15) is 5.76 Å². The molecule has 21 heavy (non-hydrogen) atoms. The van der Waals surface area contributed by atoms with Crippen LogP contribution in [0.5, 0.6) is 0 Å². The fourth-order valence-electron chi connectivity index (χ4n) is 2.09. The van der Waals surface area contributed by atoms with Crippen molar-refractivity contribution in [2.24, 2.45) is 0 Å². The zero-order valence-electron chi connectivity index (χ0n) is 11.5. The molecule has 0 aliphatic carbocycles. The summed E-state index contributed by atoms with van der Waals surface area (Å²) < 4.78 is 5.32. The summed E-state index contributed by atoms with van der Waals surface area (Å²) >= 11 is 5.85. The summed E-state index contributed by atoms with van der Waals surface area (Å²) in [4.78, 5) is 11.9. The number of hydrogen-bond donors (Lipinski definition) is 0. The lowest BCUT2D eigenvalue weighted by Crippen LogP contribution is -1.97. The highest BCUT2D eigenvalue weighted by Gasteiger charge is 2.21. The molecule has 0 saturated carbocycles. The van der Waals surface area contributed by atoms with E-state index in [1.807, 2.05) is 43.3 Å². The number of carbonyl (C=O) groups excluding carboxylic acids is 1. The van der Waals surface area contributed by atoms with Crippen molar-refractivity contribution in [1.29, 1.82) is 0 Å². The quantitative estimate of drug-likeness (QED) is 0.596. The molecular weight excluding hydrogens is 284 g/mol. The SMILES string of the molecule is Cc1ccc(C2=CC(=Cc3ccc(Cl)cc3)C(=O)O2)cc1. The molecule has 3 heteroatoms. The lowest BCUT2D eigenvalue weighted by Gasteiger charge is -2.01. The van der Waals surface area contributed by atoms with E-state index in [0.717, 1.165) is 11.1 Å². The number of aryl methyl sites for hydroxylation is 1. The number of ether oxygens (including phenoxy) is 1. The van der Waals surface area contributed by atoms with E-state index in [4.69, 9.17) is 16.3 Å². The van der Waals surface area contributed by atoms with Gasteiger partial charge in [0.2, 0.25) is 0 Å². The van der Waals surface area contributed by atoms with Gasteiger partial charge in [-0.25, -0.2) is 4.79 Å². The summed E-state index contributed by atoms with van der Waals surface area (Å²) in [5.41, 5.74) is 3.51. The molecule has 1 aliphatic heterocycles. The molecule has 0 fully saturated rings. The summed E-state index contributed by atoms with van der Waals surface area (Å²) in [6.45, 7) is 2.02. The van der Waals surface area contributed by atoms with Gasteiger partial charge in [-0.2, -0.15) is 0 Å². The summed E-state index contributed by atoms with van der Waals surface area (Å²) in [6, 6.07) is 15.2. The molecular formula is C18H13ClO2. The zero-order chi connectivity index (χ0) is 14.8. The number of cyclic esters (lactones) is 1. The Morgan fingerprint density at radius 2 is 1.67 bits per heavy atom. The Balaban J connectivity index is 1.91. The standard InChI is InChI=1S/C18H13ClO2/c1-12-2-6-14(7-3-12)17-11-15(18(20)21-17)10-13-4-8-16(19)9-5-13/h2-11H,1H3. The molecule has 0 aromatic heterocycles.